The first kappa shape index (κ1) is 27.2. The van der Waals surface area contributed by atoms with E-state index in [9.17, 15) is 4.79 Å². The summed E-state index contributed by atoms with van der Waals surface area (Å²) >= 11 is 0. The summed E-state index contributed by atoms with van der Waals surface area (Å²) in [7, 11) is 7.05. The number of H-pyrrole nitrogens is 1. The van der Waals surface area contributed by atoms with Gasteiger partial charge >= 0.3 is 0 Å². The number of nitrogens with zero attached hydrogens (tertiary/aromatic N) is 4. The number of aliphatic imine (C=N–C) groups is 1. The Bertz CT molecular complexity index is 1050. The van der Waals surface area contributed by atoms with Gasteiger partial charge < -0.3 is 24.8 Å². The second kappa shape index (κ2) is 13.6. The molecule has 1 aromatic heterocycles. The van der Waals surface area contributed by atoms with Crippen LogP contribution in [-0.4, -0.2) is 73.0 Å². The molecule has 1 heterocycles. The van der Waals surface area contributed by atoms with Crippen LogP contribution in [0.2, 0.25) is 0 Å². The molecule has 0 saturated carbocycles. The van der Waals surface area contributed by atoms with Crippen molar-refractivity contribution in [3.8, 4) is 17.0 Å². The molecule has 1 amide bonds. The molecule has 0 radical (unpaired) electrons. The van der Waals surface area contributed by atoms with Crippen LogP contribution in [0.25, 0.3) is 11.3 Å². The van der Waals surface area contributed by atoms with Crippen molar-refractivity contribution >= 4 is 35.8 Å². The van der Waals surface area contributed by atoms with Crippen molar-refractivity contribution in [3.63, 3.8) is 0 Å². The minimum absolute atomic E-state index is 0. The third kappa shape index (κ3) is 8.05. The number of hydrogen-bond donors (Lipinski definition) is 2. The van der Waals surface area contributed by atoms with Crippen molar-refractivity contribution < 1.29 is 9.53 Å². The average Bonchev–Trinajstić information content (AvgIpc) is 3.30. The fourth-order valence-electron chi connectivity index (χ4n) is 3.21. The number of ether oxygens (including phenoxy) is 1. The van der Waals surface area contributed by atoms with E-state index in [1.54, 1.807) is 21.2 Å². The second-order valence-corrected chi connectivity index (χ2v) is 7.92. The Morgan fingerprint density at radius 2 is 1.79 bits per heavy atom. The van der Waals surface area contributed by atoms with Gasteiger partial charge in [0.25, 0.3) is 0 Å². The molecule has 0 aliphatic rings. The van der Waals surface area contributed by atoms with Gasteiger partial charge in [-0.3, -0.25) is 4.79 Å². The topological polar surface area (TPSA) is 85.8 Å². The monoisotopic (exact) mass is 576 g/mol. The highest BCUT2D eigenvalue weighted by Gasteiger charge is 2.12. The van der Waals surface area contributed by atoms with E-state index in [0.717, 1.165) is 29.3 Å². The number of carbonyl (C=O) groups excluding carboxylic acids is 1. The predicted octanol–water partition coefficient (Wildman–Crippen LogP) is 3.41. The summed E-state index contributed by atoms with van der Waals surface area (Å²) in [5, 5.41) is 3.38. The Balaban J connectivity index is 0.00000408. The number of benzene rings is 2. The maximum atomic E-state index is 12.1. The number of halogens is 1. The van der Waals surface area contributed by atoms with E-state index in [1.165, 1.54) is 10.5 Å². The fourth-order valence-corrected chi connectivity index (χ4v) is 3.21. The third-order valence-corrected chi connectivity index (χ3v) is 5.18. The number of rotatable bonds is 9. The highest BCUT2D eigenvalue weighted by molar-refractivity contribution is 14.0. The molecule has 0 bridgehead atoms. The van der Waals surface area contributed by atoms with E-state index >= 15 is 0 Å². The second-order valence-electron chi connectivity index (χ2n) is 7.92. The standard InChI is InChI=1S/C25H32N6O2.HI/c1-30(2)24(32)17-28-25(26-15-14-19-10-12-21(33-4)13-11-19)31(3)18-23-27-16-22(29-23)20-8-6-5-7-9-20;/h5-13,16H,14-15,17-18H2,1-4H3,(H,26,28)(H,27,29);1H. The van der Waals surface area contributed by atoms with Crippen LogP contribution in [0.3, 0.4) is 0 Å². The molecule has 0 atom stereocenters. The number of guanidine groups is 1. The van der Waals surface area contributed by atoms with Crippen LogP contribution in [0.1, 0.15) is 11.4 Å². The Labute approximate surface area is 218 Å². The van der Waals surface area contributed by atoms with E-state index in [-0.39, 0.29) is 36.4 Å². The van der Waals surface area contributed by atoms with Crippen LogP contribution in [0.4, 0.5) is 0 Å². The van der Waals surface area contributed by atoms with Crippen molar-refractivity contribution in [2.45, 2.75) is 13.0 Å². The Morgan fingerprint density at radius 3 is 2.44 bits per heavy atom. The Kier molecular flexibility index (Phi) is 10.9. The van der Waals surface area contributed by atoms with Gasteiger partial charge in [-0.05, 0) is 29.7 Å². The zero-order valence-corrected chi connectivity index (χ0v) is 22.4. The first-order valence-electron chi connectivity index (χ1n) is 10.9. The first-order chi connectivity index (χ1) is 16.0. The lowest BCUT2D eigenvalue weighted by Crippen LogP contribution is -2.40. The quantitative estimate of drug-likeness (QED) is 0.232. The number of aromatic amines is 1. The van der Waals surface area contributed by atoms with Gasteiger partial charge in [-0.2, -0.15) is 0 Å². The highest BCUT2D eigenvalue weighted by atomic mass is 127. The summed E-state index contributed by atoms with van der Waals surface area (Å²) in [4.78, 5) is 28.0. The molecular weight excluding hydrogens is 543 g/mol. The van der Waals surface area contributed by atoms with Gasteiger partial charge in [0.15, 0.2) is 5.96 Å². The summed E-state index contributed by atoms with van der Waals surface area (Å²) in [5.41, 5.74) is 3.24. The normalized spacial score (nSPS) is 10.9. The van der Waals surface area contributed by atoms with Gasteiger partial charge in [-0.15, -0.1) is 24.0 Å². The maximum Gasteiger partial charge on any atom is 0.243 e. The van der Waals surface area contributed by atoms with Crippen molar-refractivity contribution in [2.75, 3.05) is 41.3 Å². The van der Waals surface area contributed by atoms with Crippen molar-refractivity contribution in [2.24, 2.45) is 4.99 Å². The van der Waals surface area contributed by atoms with Crippen molar-refractivity contribution in [1.29, 1.82) is 0 Å². The van der Waals surface area contributed by atoms with Crippen LogP contribution in [0.5, 0.6) is 5.75 Å². The predicted molar refractivity (Wildman–Crippen MR) is 147 cm³/mol. The Hall–Kier alpha value is -3.08. The van der Waals surface area contributed by atoms with E-state index < -0.39 is 0 Å². The maximum absolute atomic E-state index is 12.1. The summed E-state index contributed by atoms with van der Waals surface area (Å²) in [6.45, 7) is 1.28. The molecule has 2 N–H and O–H groups in total. The molecule has 9 heteroatoms. The smallest absolute Gasteiger partial charge is 0.243 e. The summed E-state index contributed by atoms with van der Waals surface area (Å²) in [5.74, 6) is 2.25. The lowest BCUT2D eigenvalue weighted by Gasteiger charge is -2.22. The number of imidazole rings is 1. The van der Waals surface area contributed by atoms with E-state index in [4.69, 9.17) is 4.74 Å². The SMILES string of the molecule is COc1ccc(CCNC(=NCC(=O)N(C)C)N(C)Cc2ncc(-c3ccccc3)[nH]2)cc1.I. The van der Waals surface area contributed by atoms with Crippen molar-refractivity contribution in [3.05, 3.63) is 72.2 Å². The number of amides is 1. The zero-order chi connectivity index (χ0) is 23.6. The fraction of sp³-hybridized carbons (Fsp3) is 0.320. The average molecular weight is 576 g/mol. The molecular formula is C25H33IN6O2. The first-order valence-corrected chi connectivity index (χ1v) is 10.9. The van der Waals surface area contributed by atoms with Gasteiger partial charge in [0, 0.05) is 27.7 Å². The molecule has 3 aromatic rings. The Morgan fingerprint density at radius 1 is 1.09 bits per heavy atom. The summed E-state index contributed by atoms with van der Waals surface area (Å²) < 4.78 is 5.22. The van der Waals surface area contributed by atoms with Gasteiger partial charge in [0.2, 0.25) is 5.91 Å². The number of carbonyl (C=O) groups is 1. The largest absolute Gasteiger partial charge is 0.497 e. The molecule has 0 spiro atoms. The molecule has 3 rings (SSSR count). The van der Waals surface area contributed by atoms with Crippen LogP contribution in [-0.2, 0) is 17.8 Å². The molecule has 0 fully saturated rings. The summed E-state index contributed by atoms with van der Waals surface area (Å²) in [6, 6.07) is 18.1. The minimum Gasteiger partial charge on any atom is -0.497 e. The van der Waals surface area contributed by atoms with Gasteiger partial charge in [-0.25, -0.2) is 9.98 Å². The van der Waals surface area contributed by atoms with Gasteiger partial charge in [0.1, 0.15) is 18.1 Å². The minimum atomic E-state index is -0.0535. The van der Waals surface area contributed by atoms with Gasteiger partial charge in [-0.1, -0.05) is 42.5 Å². The van der Waals surface area contributed by atoms with E-state index in [2.05, 4.69) is 20.3 Å². The molecule has 0 aliphatic carbocycles. The molecule has 0 saturated heterocycles. The highest BCUT2D eigenvalue weighted by Crippen LogP contribution is 2.16. The third-order valence-electron chi connectivity index (χ3n) is 5.18. The van der Waals surface area contributed by atoms with Crippen LogP contribution >= 0.6 is 24.0 Å². The molecule has 34 heavy (non-hydrogen) atoms. The van der Waals surface area contributed by atoms with Crippen LogP contribution < -0.4 is 10.1 Å². The lowest BCUT2D eigenvalue weighted by atomic mass is 10.1. The van der Waals surface area contributed by atoms with Crippen LogP contribution in [0, 0.1) is 0 Å². The molecule has 0 unspecified atom stereocenters. The number of methoxy groups -OCH3 is 1. The zero-order valence-electron chi connectivity index (χ0n) is 20.1. The lowest BCUT2D eigenvalue weighted by molar-refractivity contribution is -0.127. The number of hydrogen-bond acceptors (Lipinski definition) is 4. The van der Waals surface area contributed by atoms with E-state index in [1.807, 2.05) is 72.7 Å². The van der Waals surface area contributed by atoms with Gasteiger partial charge in [0.05, 0.1) is 25.5 Å². The van der Waals surface area contributed by atoms with Crippen molar-refractivity contribution in [1.82, 2.24) is 25.1 Å². The molecule has 8 nitrogen and oxygen atoms in total. The van der Waals surface area contributed by atoms with E-state index in [0.29, 0.717) is 19.0 Å². The van der Waals surface area contributed by atoms with Crippen LogP contribution in [0.15, 0.2) is 65.8 Å². The molecule has 0 aliphatic heterocycles. The number of aromatic nitrogens is 2. The summed E-state index contributed by atoms with van der Waals surface area (Å²) in [6.07, 6.45) is 2.65. The number of likely N-dealkylation sites (N-methyl/N-ethyl adjacent to an activating group) is 1. The molecule has 2 aromatic carbocycles. The molecule has 182 valence electrons. The number of nitrogens with one attached hydrogen (secondary N) is 2.